The molecule has 14 rings (SSSR count). The number of aromatic nitrogens is 3. The first-order valence-electron chi connectivity index (χ1n) is 24.0. The van der Waals surface area contributed by atoms with Gasteiger partial charge in [0.25, 0.3) is 0 Å². The van der Waals surface area contributed by atoms with E-state index >= 15 is 0 Å². The van der Waals surface area contributed by atoms with Crippen molar-refractivity contribution in [1.29, 1.82) is 0 Å². The number of benzene rings is 10. The Morgan fingerprint density at radius 1 is 0.429 bits per heavy atom. The van der Waals surface area contributed by atoms with Gasteiger partial charge in [-0.15, -0.1) is 0 Å². The number of para-hydroxylation sites is 2. The van der Waals surface area contributed by atoms with Crippen LogP contribution in [0.4, 0.5) is 17.1 Å². The van der Waals surface area contributed by atoms with Crippen molar-refractivity contribution in [1.82, 2.24) is 14.5 Å². The Hall–Kier alpha value is -9.06. The normalized spacial score (nSPS) is 12.8. The van der Waals surface area contributed by atoms with E-state index in [1.165, 1.54) is 38.9 Å². The molecule has 0 radical (unpaired) electrons. The Morgan fingerprint density at radius 3 is 1.93 bits per heavy atom. The molecule has 13 aromatic rings. The largest absolute Gasteiger partial charge is 0.455 e. The van der Waals surface area contributed by atoms with Crippen molar-refractivity contribution in [2.24, 2.45) is 0 Å². The van der Waals surface area contributed by atoms with Gasteiger partial charge in [0.05, 0.1) is 16.6 Å². The van der Waals surface area contributed by atoms with Crippen molar-refractivity contribution >= 4 is 71.7 Å². The van der Waals surface area contributed by atoms with Crippen LogP contribution in [0.3, 0.4) is 0 Å². The Labute approximate surface area is 405 Å². The number of fused-ring (bicyclic) bond motifs is 10. The molecule has 0 amide bonds. The molecular weight excluding hydrogens is 853 g/mol. The van der Waals surface area contributed by atoms with Gasteiger partial charge in [0.15, 0.2) is 0 Å². The van der Waals surface area contributed by atoms with Gasteiger partial charge in [0, 0.05) is 61.2 Å². The van der Waals surface area contributed by atoms with Gasteiger partial charge in [-0.2, -0.15) is 0 Å². The summed E-state index contributed by atoms with van der Waals surface area (Å²) in [6.07, 6.45) is 1.94. The Kier molecular flexibility index (Phi) is 8.86. The summed E-state index contributed by atoms with van der Waals surface area (Å²) in [5.74, 6) is 0.655. The summed E-state index contributed by atoms with van der Waals surface area (Å²) in [7, 11) is 0. The second kappa shape index (κ2) is 15.5. The summed E-state index contributed by atoms with van der Waals surface area (Å²) >= 11 is 0. The van der Waals surface area contributed by atoms with Gasteiger partial charge in [-0.05, 0) is 123 Å². The van der Waals surface area contributed by atoms with Crippen LogP contribution in [0, 0.1) is 0 Å². The number of hydrogen-bond acceptors (Lipinski definition) is 4. The van der Waals surface area contributed by atoms with E-state index in [4.69, 9.17) is 14.4 Å². The lowest BCUT2D eigenvalue weighted by Gasteiger charge is -2.26. The molecule has 3 aromatic heterocycles. The first-order valence-corrected chi connectivity index (χ1v) is 24.0. The molecule has 0 atom stereocenters. The second-order valence-corrected chi connectivity index (χ2v) is 19.0. The molecule has 0 saturated heterocycles. The Morgan fingerprint density at radius 2 is 1.09 bits per heavy atom. The topological polar surface area (TPSA) is 47.1 Å². The zero-order chi connectivity index (χ0) is 46.5. The van der Waals surface area contributed by atoms with Crippen LogP contribution in [-0.2, 0) is 5.41 Å². The third-order valence-corrected chi connectivity index (χ3v) is 14.6. The van der Waals surface area contributed by atoms with E-state index in [2.05, 4.69) is 236 Å². The molecule has 330 valence electrons. The molecule has 70 heavy (non-hydrogen) atoms. The maximum absolute atomic E-state index is 6.92. The lowest BCUT2D eigenvalue weighted by Crippen LogP contribution is -2.15. The van der Waals surface area contributed by atoms with Crippen molar-refractivity contribution in [2.45, 2.75) is 19.3 Å². The van der Waals surface area contributed by atoms with Crippen LogP contribution in [-0.4, -0.2) is 14.5 Å². The summed E-state index contributed by atoms with van der Waals surface area (Å²) in [4.78, 5) is 12.5. The number of hydrogen-bond donors (Lipinski definition) is 0. The van der Waals surface area contributed by atoms with E-state index in [1.807, 2.05) is 18.3 Å². The fourth-order valence-electron chi connectivity index (χ4n) is 11.2. The highest BCUT2D eigenvalue weighted by Crippen LogP contribution is 2.51. The van der Waals surface area contributed by atoms with E-state index in [-0.39, 0.29) is 5.41 Å². The van der Waals surface area contributed by atoms with Crippen molar-refractivity contribution in [3.63, 3.8) is 0 Å². The van der Waals surface area contributed by atoms with Crippen LogP contribution in [0.5, 0.6) is 0 Å². The molecule has 0 saturated carbocycles. The smallest absolute Gasteiger partial charge is 0.235 e. The second-order valence-electron chi connectivity index (χ2n) is 19.0. The predicted molar refractivity (Wildman–Crippen MR) is 290 cm³/mol. The standard InChI is InChI=1S/C65H44N4O/c1-65(2)57-25-11-10-22-51(57)53-38-55-54-36-45(29-33-60(54)69(61(55)39-58(53)65)64-66-40-46-19-9-12-26-59(46)67-64)50-23-14-24-52-56-37-49(32-34-62(56)70-63(50)52)68(47-30-27-43(28-31-47)41-15-5-3-6-16-41)48-21-13-20-44(35-48)42-17-7-4-8-18-42/h3-40H,1-2H3. The van der Waals surface area contributed by atoms with Gasteiger partial charge >= 0.3 is 0 Å². The third kappa shape index (κ3) is 6.25. The van der Waals surface area contributed by atoms with E-state index < -0.39 is 0 Å². The molecule has 0 aliphatic heterocycles. The van der Waals surface area contributed by atoms with E-state index in [0.717, 1.165) is 88.4 Å². The predicted octanol–water partition coefficient (Wildman–Crippen LogP) is 17.4. The van der Waals surface area contributed by atoms with Gasteiger partial charge in [-0.3, -0.25) is 4.57 Å². The lowest BCUT2D eigenvalue weighted by molar-refractivity contribution is 0.661. The highest BCUT2D eigenvalue weighted by molar-refractivity contribution is 6.15. The quantitative estimate of drug-likeness (QED) is 0.160. The third-order valence-electron chi connectivity index (χ3n) is 14.6. The van der Waals surface area contributed by atoms with Crippen LogP contribution < -0.4 is 4.90 Å². The molecule has 0 fully saturated rings. The summed E-state index contributed by atoms with van der Waals surface area (Å²) in [5, 5.41) is 5.43. The molecule has 5 nitrogen and oxygen atoms in total. The molecule has 0 bridgehead atoms. The summed E-state index contributed by atoms with van der Waals surface area (Å²) in [6.45, 7) is 4.67. The number of anilines is 3. The lowest BCUT2D eigenvalue weighted by atomic mass is 9.82. The van der Waals surface area contributed by atoms with Crippen LogP contribution >= 0.6 is 0 Å². The van der Waals surface area contributed by atoms with Crippen LogP contribution in [0.1, 0.15) is 25.0 Å². The number of nitrogens with zero attached hydrogens (tertiary/aromatic N) is 4. The van der Waals surface area contributed by atoms with Crippen molar-refractivity contribution in [2.75, 3.05) is 4.90 Å². The SMILES string of the molecule is CC1(C)c2ccccc2-c2cc3c4cc(-c5cccc6c5oc5ccc(N(c7ccc(-c8ccccc8)cc7)c7cccc(-c8ccccc8)c7)cc56)ccc4n(-c4ncc5ccccc5n4)c3cc21. The van der Waals surface area contributed by atoms with Crippen molar-refractivity contribution < 1.29 is 4.42 Å². The fraction of sp³-hybridized carbons (Fsp3) is 0.0462. The number of furan rings is 1. The minimum Gasteiger partial charge on any atom is -0.455 e. The average molecular weight is 897 g/mol. The average Bonchev–Trinajstić information content (AvgIpc) is 4.03. The van der Waals surface area contributed by atoms with Gasteiger partial charge < -0.3 is 9.32 Å². The van der Waals surface area contributed by atoms with Crippen molar-refractivity contribution in [3.05, 3.63) is 242 Å². The maximum atomic E-state index is 6.92. The molecule has 0 unspecified atom stereocenters. The minimum atomic E-state index is -0.163. The first kappa shape index (κ1) is 40.0. The molecule has 1 aliphatic rings. The monoisotopic (exact) mass is 896 g/mol. The van der Waals surface area contributed by atoms with Crippen LogP contribution in [0.2, 0.25) is 0 Å². The van der Waals surface area contributed by atoms with E-state index in [1.54, 1.807) is 0 Å². The fourth-order valence-corrected chi connectivity index (χ4v) is 11.2. The molecule has 0 N–H and O–H groups in total. The Balaban J connectivity index is 0.930. The molecule has 3 heterocycles. The first-order chi connectivity index (χ1) is 34.4. The molecule has 10 aromatic carbocycles. The Bertz CT molecular complexity index is 4200. The van der Waals surface area contributed by atoms with E-state index in [0.29, 0.717) is 5.95 Å². The maximum Gasteiger partial charge on any atom is 0.235 e. The summed E-state index contributed by atoms with van der Waals surface area (Å²) in [5.41, 5.74) is 19.8. The molecular formula is C65H44N4O. The van der Waals surface area contributed by atoms with Gasteiger partial charge in [0.2, 0.25) is 5.95 Å². The van der Waals surface area contributed by atoms with Gasteiger partial charge in [-0.25, -0.2) is 9.97 Å². The van der Waals surface area contributed by atoms with Crippen molar-refractivity contribution in [3.8, 4) is 50.5 Å². The summed E-state index contributed by atoms with van der Waals surface area (Å²) in [6, 6.07) is 80.6. The minimum absolute atomic E-state index is 0.163. The van der Waals surface area contributed by atoms with Crippen LogP contribution in [0.15, 0.2) is 235 Å². The highest BCUT2D eigenvalue weighted by Gasteiger charge is 2.36. The highest BCUT2D eigenvalue weighted by atomic mass is 16.3. The van der Waals surface area contributed by atoms with Gasteiger partial charge in [0.1, 0.15) is 11.2 Å². The van der Waals surface area contributed by atoms with E-state index in [9.17, 15) is 0 Å². The zero-order valence-electron chi connectivity index (χ0n) is 38.6. The molecule has 0 spiro atoms. The summed E-state index contributed by atoms with van der Waals surface area (Å²) < 4.78 is 9.17. The molecule has 5 heteroatoms. The number of rotatable bonds is 7. The van der Waals surface area contributed by atoms with Crippen LogP contribution in [0.25, 0.3) is 105 Å². The van der Waals surface area contributed by atoms with Gasteiger partial charge in [-0.1, -0.05) is 166 Å². The zero-order valence-corrected chi connectivity index (χ0v) is 38.6. The molecule has 1 aliphatic carbocycles.